The van der Waals surface area contributed by atoms with Crippen molar-refractivity contribution in [3.63, 3.8) is 0 Å². The number of alkyl halides is 2. The van der Waals surface area contributed by atoms with E-state index < -0.39 is 12.5 Å². The van der Waals surface area contributed by atoms with Gasteiger partial charge in [0.2, 0.25) is 0 Å². The zero-order valence-electron chi connectivity index (χ0n) is 14.8. The number of hydrogen-bond acceptors (Lipinski definition) is 5. The summed E-state index contributed by atoms with van der Waals surface area (Å²) in [6.45, 7) is 0.822. The number of benzene rings is 1. The van der Waals surface area contributed by atoms with Crippen molar-refractivity contribution in [2.24, 2.45) is 0 Å². The Bertz CT molecular complexity index is 889. The molecule has 0 atom stereocenters. The number of pyridine rings is 1. The van der Waals surface area contributed by atoms with Crippen LogP contribution in [0.15, 0.2) is 36.7 Å². The van der Waals surface area contributed by atoms with Gasteiger partial charge in [-0.15, -0.1) is 0 Å². The van der Waals surface area contributed by atoms with Crippen LogP contribution < -0.4 is 14.8 Å². The predicted octanol–water partition coefficient (Wildman–Crippen LogP) is 3.72. The first kappa shape index (κ1) is 17.9. The zero-order chi connectivity index (χ0) is 18.7. The minimum atomic E-state index is -2.89. The van der Waals surface area contributed by atoms with Crippen LogP contribution >= 0.6 is 0 Å². The van der Waals surface area contributed by atoms with Crippen LogP contribution in [0.2, 0.25) is 0 Å². The average Bonchev–Trinajstić information content (AvgIpc) is 3.01. The third-order valence-corrected chi connectivity index (χ3v) is 3.88. The summed E-state index contributed by atoms with van der Waals surface area (Å²) in [5.41, 5.74) is 1.50. The van der Waals surface area contributed by atoms with E-state index in [9.17, 15) is 8.78 Å². The molecule has 26 heavy (non-hydrogen) atoms. The Morgan fingerprint density at radius 3 is 2.46 bits per heavy atom. The molecule has 2 aromatic heterocycles. The van der Waals surface area contributed by atoms with Gasteiger partial charge in [0.1, 0.15) is 17.8 Å². The molecule has 0 unspecified atom stereocenters. The average molecular weight is 362 g/mol. The number of rotatable bonds is 7. The first-order chi connectivity index (χ1) is 12.4. The Labute approximate surface area is 149 Å². The van der Waals surface area contributed by atoms with Crippen molar-refractivity contribution in [3.05, 3.63) is 42.2 Å². The number of nitrogens with zero attached hydrogens (tertiary/aromatic N) is 3. The number of fused-ring (bicyclic) bond motifs is 1. The van der Waals surface area contributed by atoms with Crippen molar-refractivity contribution in [2.45, 2.75) is 25.9 Å². The molecule has 0 radical (unpaired) electrons. The molecule has 6 nitrogen and oxygen atoms in total. The van der Waals surface area contributed by atoms with E-state index >= 15 is 0 Å². The Hall–Kier alpha value is -2.90. The van der Waals surface area contributed by atoms with E-state index in [1.807, 2.05) is 24.3 Å². The van der Waals surface area contributed by atoms with E-state index in [1.165, 1.54) is 18.0 Å². The maximum absolute atomic E-state index is 13.4. The smallest absolute Gasteiger partial charge is 0.264 e. The largest absolute Gasteiger partial charge is 0.497 e. The van der Waals surface area contributed by atoms with Crippen molar-refractivity contribution in [1.82, 2.24) is 14.8 Å². The first-order valence-electron chi connectivity index (χ1n) is 8.04. The molecule has 1 aromatic carbocycles. The molecule has 3 aromatic rings. The van der Waals surface area contributed by atoms with Gasteiger partial charge in [-0.05, 0) is 17.7 Å². The molecule has 0 aliphatic carbocycles. The van der Waals surface area contributed by atoms with Gasteiger partial charge in [-0.25, -0.2) is 13.8 Å². The van der Waals surface area contributed by atoms with Crippen LogP contribution in [0.5, 0.6) is 11.5 Å². The Morgan fingerprint density at radius 2 is 1.85 bits per heavy atom. The summed E-state index contributed by atoms with van der Waals surface area (Å²) in [6, 6.07) is 7.59. The SMILES string of the molecule is COc1ccc(CNc2ncc3cnn(CC(C)(F)F)c3c2OC)cc1. The van der Waals surface area contributed by atoms with Crippen molar-refractivity contribution in [3.8, 4) is 11.5 Å². The molecule has 0 saturated carbocycles. The van der Waals surface area contributed by atoms with E-state index in [1.54, 1.807) is 13.3 Å². The number of hydrogen-bond donors (Lipinski definition) is 1. The first-order valence-corrected chi connectivity index (χ1v) is 8.04. The molecule has 0 amide bonds. The lowest BCUT2D eigenvalue weighted by Gasteiger charge is -2.15. The van der Waals surface area contributed by atoms with Gasteiger partial charge >= 0.3 is 0 Å². The molecule has 2 heterocycles. The number of ether oxygens (including phenoxy) is 2. The number of methoxy groups -OCH3 is 2. The van der Waals surface area contributed by atoms with E-state index in [2.05, 4.69) is 15.4 Å². The highest BCUT2D eigenvalue weighted by Gasteiger charge is 2.25. The molecule has 0 spiro atoms. The van der Waals surface area contributed by atoms with Gasteiger partial charge in [-0.2, -0.15) is 5.10 Å². The second kappa shape index (κ2) is 7.15. The lowest BCUT2D eigenvalue weighted by molar-refractivity contribution is 0.00175. The van der Waals surface area contributed by atoms with Gasteiger partial charge in [-0.1, -0.05) is 12.1 Å². The minimum Gasteiger partial charge on any atom is -0.497 e. The third-order valence-electron chi connectivity index (χ3n) is 3.88. The highest BCUT2D eigenvalue weighted by Crippen LogP contribution is 2.33. The van der Waals surface area contributed by atoms with Crippen molar-refractivity contribution in [1.29, 1.82) is 0 Å². The fourth-order valence-corrected chi connectivity index (χ4v) is 2.68. The van der Waals surface area contributed by atoms with Gasteiger partial charge in [0, 0.05) is 25.1 Å². The van der Waals surface area contributed by atoms with Crippen LogP contribution in [0, 0.1) is 0 Å². The summed E-state index contributed by atoms with van der Waals surface area (Å²) in [5, 5.41) is 7.87. The monoisotopic (exact) mass is 362 g/mol. The molecule has 0 bridgehead atoms. The molecule has 0 aliphatic rings. The molecule has 1 N–H and O–H groups in total. The van der Waals surface area contributed by atoms with Crippen LogP contribution in [-0.2, 0) is 13.1 Å². The Balaban J connectivity index is 1.88. The summed E-state index contributed by atoms with van der Waals surface area (Å²) in [5.74, 6) is -1.26. The summed E-state index contributed by atoms with van der Waals surface area (Å²) in [6.07, 6.45) is 3.09. The zero-order valence-corrected chi connectivity index (χ0v) is 14.8. The summed E-state index contributed by atoms with van der Waals surface area (Å²) < 4.78 is 38.7. The Morgan fingerprint density at radius 1 is 1.12 bits per heavy atom. The lowest BCUT2D eigenvalue weighted by Crippen LogP contribution is -2.20. The standard InChI is InChI=1S/C18H20F2N4O2/c1-18(19,20)11-24-15-13(10-23-24)9-22-17(16(15)26-3)21-8-12-4-6-14(25-2)7-5-12/h4-7,9-10H,8,11H2,1-3H3,(H,21,22). The van der Waals surface area contributed by atoms with Gasteiger partial charge in [0.15, 0.2) is 11.6 Å². The number of anilines is 1. The lowest BCUT2D eigenvalue weighted by atomic mass is 10.2. The minimum absolute atomic E-state index is 0.387. The quantitative estimate of drug-likeness (QED) is 0.694. The molecule has 3 rings (SSSR count). The third kappa shape index (κ3) is 3.84. The highest BCUT2D eigenvalue weighted by molar-refractivity contribution is 5.88. The highest BCUT2D eigenvalue weighted by atomic mass is 19.3. The van der Waals surface area contributed by atoms with E-state index in [0.717, 1.165) is 18.2 Å². The van der Waals surface area contributed by atoms with E-state index in [0.29, 0.717) is 29.0 Å². The molecule has 0 aliphatic heterocycles. The molecular formula is C18H20F2N4O2. The predicted molar refractivity (Wildman–Crippen MR) is 95.0 cm³/mol. The number of nitrogens with one attached hydrogen (secondary N) is 1. The maximum atomic E-state index is 13.4. The second-order valence-electron chi connectivity index (χ2n) is 6.02. The van der Waals surface area contributed by atoms with Crippen molar-refractivity contribution in [2.75, 3.05) is 19.5 Å². The van der Waals surface area contributed by atoms with Crippen LogP contribution in [0.25, 0.3) is 10.9 Å². The van der Waals surface area contributed by atoms with Crippen LogP contribution in [0.3, 0.4) is 0 Å². The van der Waals surface area contributed by atoms with Gasteiger partial charge in [0.25, 0.3) is 5.92 Å². The molecule has 8 heteroatoms. The summed E-state index contributed by atoms with van der Waals surface area (Å²) in [4.78, 5) is 4.33. The molecule has 0 fully saturated rings. The fraction of sp³-hybridized carbons (Fsp3) is 0.333. The van der Waals surface area contributed by atoms with Gasteiger partial charge in [0.05, 0.1) is 20.4 Å². The summed E-state index contributed by atoms with van der Waals surface area (Å²) >= 11 is 0. The number of halogens is 2. The van der Waals surface area contributed by atoms with E-state index in [4.69, 9.17) is 9.47 Å². The van der Waals surface area contributed by atoms with Crippen LogP contribution in [-0.4, -0.2) is 34.9 Å². The van der Waals surface area contributed by atoms with E-state index in [-0.39, 0.29) is 0 Å². The van der Waals surface area contributed by atoms with Crippen molar-refractivity contribution >= 4 is 16.7 Å². The fourth-order valence-electron chi connectivity index (χ4n) is 2.68. The molecule has 138 valence electrons. The Kier molecular flexibility index (Phi) is 4.92. The number of aromatic nitrogens is 3. The van der Waals surface area contributed by atoms with Crippen molar-refractivity contribution < 1.29 is 18.3 Å². The van der Waals surface area contributed by atoms with Crippen LogP contribution in [0.4, 0.5) is 14.6 Å². The van der Waals surface area contributed by atoms with Gasteiger partial charge < -0.3 is 14.8 Å². The molecule has 0 saturated heterocycles. The maximum Gasteiger partial charge on any atom is 0.264 e. The van der Waals surface area contributed by atoms with Crippen LogP contribution in [0.1, 0.15) is 12.5 Å². The topological polar surface area (TPSA) is 61.2 Å². The normalized spacial score (nSPS) is 11.6. The second-order valence-corrected chi connectivity index (χ2v) is 6.02. The summed E-state index contributed by atoms with van der Waals surface area (Å²) in [7, 11) is 3.09. The van der Waals surface area contributed by atoms with Gasteiger partial charge in [-0.3, -0.25) is 4.68 Å². The molecular weight excluding hydrogens is 342 g/mol.